The molecule has 3 heterocycles. The highest BCUT2D eigenvalue weighted by Crippen LogP contribution is 2.25. The van der Waals surface area contributed by atoms with E-state index in [4.69, 9.17) is 0 Å². The molecule has 4 rings (SSSR count). The van der Waals surface area contributed by atoms with Crippen molar-refractivity contribution in [3.8, 4) is 22.5 Å². The molecule has 1 N–H and O–H groups in total. The van der Waals surface area contributed by atoms with E-state index in [1.807, 2.05) is 55.1 Å². The Hall–Kier alpha value is -3.15. The fourth-order valence-corrected chi connectivity index (χ4v) is 2.85. The van der Waals surface area contributed by atoms with Crippen LogP contribution in [0.2, 0.25) is 0 Å². The third kappa shape index (κ3) is 2.23. The predicted molar refractivity (Wildman–Crippen MR) is 92.9 cm³/mol. The van der Waals surface area contributed by atoms with Crippen molar-refractivity contribution >= 4 is 5.65 Å². The summed E-state index contributed by atoms with van der Waals surface area (Å²) in [6.07, 6.45) is 3.64. The van der Waals surface area contributed by atoms with Crippen molar-refractivity contribution in [2.24, 2.45) is 0 Å². The lowest BCUT2D eigenvalue weighted by molar-refractivity contribution is 0.660. The number of aromatic nitrogens is 5. The smallest absolute Gasteiger partial charge is 0.273 e. The molecular formula is C18H17N5O. The van der Waals surface area contributed by atoms with Gasteiger partial charge in [-0.2, -0.15) is 5.10 Å². The molecule has 6 heteroatoms. The van der Waals surface area contributed by atoms with E-state index in [1.165, 1.54) is 10.6 Å². The third-order valence-corrected chi connectivity index (χ3v) is 4.17. The van der Waals surface area contributed by atoms with Gasteiger partial charge in [-0.3, -0.25) is 14.6 Å². The van der Waals surface area contributed by atoms with E-state index >= 15 is 0 Å². The number of hydrogen-bond acceptors (Lipinski definition) is 3. The molecule has 0 saturated heterocycles. The molecule has 0 aliphatic rings. The zero-order chi connectivity index (χ0) is 16.7. The molecule has 1 aromatic carbocycles. The van der Waals surface area contributed by atoms with Gasteiger partial charge in [-0.05, 0) is 19.4 Å². The van der Waals surface area contributed by atoms with Crippen molar-refractivity contribution < 1.29 is 0 Å². The lowest BCUT2D eigenvalue weighted by Crippen LogP contribution is -2.14. The number of nitrogens with zero attached hydrogens (tertiary/aromatic N) is 4. The molecule has 0 unspecified atom stereocenters. The lowest BCUT2D eigenvalue weighted by Gasteiger charge is -1.98. The number of aryl methyl sites for hydroxylation is 2. The van der Waals surface area contributed by atoms with Gasteiger partial charge in [-0.25, -0.2) is 9.50 Å². The van der Waals surface area contributed by atoms with Crippen LogP contribution in [0.3, 0.4) is 0 Å². The van der Waals surface area contributed by atoms with Crippen LogP contribution in [0.4, 0.5) is 0 Å². The van der Waals surface area contributed by atoms with Crippen LogP contribution >= 0.6 is 0 Å². The molecule has 120 valence electrons. The number of H-pyrrole nitrogens is 1. The van der Waals surface area contributed by atoms with Gasteiger partial charge in [0, 0.05) is 29.9 Å². The van der Waals surface area contributed by atoms with E-state index in [9.17, 15) is 4.79 Å². The highest BCUT2D eigenvalue weighted by atomic mass is 16.1. The molecule has 6 nitrogen and oxygen atoms in total. The minimum absolute atomic E-state index is 0.135. The first-order valence-electron chi connectivity index (χ1n) is 7.88. The van der Waals surface area contributed by atoms with Gasteiger partial charge >= 0.3 is 0 Å². The van der Waals surface area contributed by atoms with E-state index < -0.39 is 0 Å². The Morgan fingerprint density at radius 1 is 1.17 bits per heavy atom. The van der Waals surface area contributed by atoms with E-state index in [-0.39, 0.29) is 5.56 Å². The summed E-state index contributed by atoms with van der Waals surface area (Å²) in [6, 6.07) is 11.5. The quantitative estimate of drug-likeness (QED) is 0.631. The number of aromatic amines is 1. The van der Waals surface area contributed by atoms with Crippen molar-refractivity contribution in [2.75, 3.05) is 0 Å². The van der Waals surface area contributed by atoms with Gasteiger partial charge in [0.25, 0.3) is 5.56 Å². The monoisotopic (exact) mass is 319 g/mol. The van der Waals surface area contributed by atoms with Crippen molar-refractivity contribution in [3.05, 3.63) is 64.7 Å². The van der Waals surface area contributed by atoms with E-state index in [1.54, 1.807) is 6.20 Å². The van der Waals surface area contributed by atoms with Crippen LogP contribution < -0.4 is 5.56 Å². The summed E-state index contributed by atoms with van der Waals surface area (Å²) in [5.74, 6) is 0. The lowest BCUT2D eigenvalue weighted by atomic mass is 10.1. The van der Waals surface area contributed by atoms with Crippen LogP contribution in [0.1, 0.15) is 12.5 Å². The normalized spacial score (nSPS) is 11.2. The predicted octanol–water partition coefficient (Wildman–Crippen LogP) is 2.88. The molecule has 0 aliphatic carbocycles. The van der Waals surface area contributed by atoms with Gasteiger partial charge in [0.2, 0.25) is 0 Å². The summed E-state index contributed by atoms with van der Waals surface area (Å²) >= 11 is 0. The van der Waals surface area contributed by atoms with E-state index in [2.05, 4.69) is 15.2 Å². The SMILES string of the molecule is CCn1cc(-c2cc(=O)n3[nH]c(-c4ccccc4)c(C)c3n2)cn1. The van der Waals surface area contributed by atoms with Crippen LogP contribution in [0.5, 0.6) is 0 Å². The molecule has 0 bridgehead atoms. The van der Waals surface area contributed by atoms with Crippen LogP contribution in [-0.4, -0.2) is 24.4 Å². The highest BCUT2D eigenvalue weighted by Gasteiger charge is 2.14. The summed E-state index contributed by atoms with van der Waals surface area (Å²) in [5, 5.41) is 7.42. The van der Waals surface area contributed by atoms with Gasteiger partial charge in [-0.15, -0.1) is 0 Å². The molecule has 4 aromatic rings. The minimum Gasteiger partial charge on any atom is -0.289 e. The maximum atomic E-state index is 12.5. The Labute approximate surface area is 138 Å². The fraction of sp³-hybridized carbons (Fsp3) is 0.167. The number of nitrogens with one attached hydrogen (secondary N) is 1. The first-order chi connectivity index (χ1) is 11.7. The number of benzene rings is 1. The van der Waals surface area contributed by atoms with Gasteiger partial charge in [-0.1, -0.05) is 30.3 Å². The topological polar surface area (TPSA) is 68.0 Å². The Morgan fingerprint density at radius 2 is 1.96 bits per heavy atom. The maximum absolute atomic E-state index is 12.5. The average molecular weight is 319 g/mol. The second-order valence-electron chi connectivity index (χ2n) is 5.70. The Bertz CT molecular complexity index is 1070. The van der Waals surface area contributed by atoms with E-state index in [0.29, 0.717) is 11.3 Å². The first kappa shape index (κ1) is 14.4. The zero-order valence-electron chi connectivity index (χ0n) is 13.5. The zero-order valence-corrected chi connectivity index (χ0v) is 13.5. The molecule has 0 radical (unpaired) electrons. The van der Waals surface area contributed by atoms with Crippen LogP contribution in [0, 0.1) is 6.92 Å². The van der Waals surface area contributed by atoms with Crippen molar-refractivity contribution in [2.45, 2.75) is 20.4 Å². The van der Waals surface area contributed by atoms with E-state index in [0.717, 1.165) is 28.9 Å². The van der Waals surface area contributed by atoms with Crippen LogP contribution in [-0.2, 0) is 6.54 Å². The second-order valence-corrected chi connectivity index (χ2v) is 5.70. The second kappa shape index (κ2) is 5.49. The molecule has 0 aliphatic heterocycles. The Morgan fingerprint density at radius 3 is 2.67 bits per heavy atom. The summed E-state index contributed by atoms with van der Waals surface area (Å²) in [5.41, 5.74) is 4.87. The molecule has 0 spiro atoms. The number of fused-ring (bicyclic) bond motifs is 1. The molecule has 3 aromatic heterocycles. The standard InChI is InChI=1S/C18H17N5O/c1-3-22-11-14(10-19-22)15-9-16(24)23-18(20-15)12(2)17(21-23)13-7-5-4-6-8-13/h4-11,21H,3H2,1-2H3. The summed E-state index contributed by atoms with van der Waals surface area (Å²) in [7, 11) is 0. The van der Waals surface area contributed by atoms with Gasteiger partial charge in [0.05, 0.1) is 17.6 Å². The van der Waals surface area contributed by atoms with Crippen LogP contribution in [0.25, 0.3) is 28.2 Å². The Balaban J connectivity index is 1.92. The van der Waals surface area contributed by atoms with Crippen LogP contribution in [0.15, 0.2) is 53.6 Å². The Kier molecular flexibility index (Phi) is 3.30. The number of hydrogen-bond donors (Lipinski definition) is 1. The largest absolute Gasteiger partial charge is 0.289 e. The number of rotatable bonds is 3. The molecule has 0 atom stereocenters. The molecule has 24 heavy (non-hydrogen) atoms. The van der Waals surface area contributed by atoms with Gasteiger partial charge in [0.15, 0.2) is 5.65 Å². The summed E-state index contributed by atoms with van der Waals surface area (Å²) in [6.45, 7) is 4.77. The molecule has 0 amide bonds. The molecule has 0 fully saturated rings. The van der Waals surface area contributed by atoms with Crippen molar-refractivity contribution in [1.29, 1.82) is 0 Å². The minimum atomic E-state index is -0.135. The summed E-state index contributed by atoms with van der Waals surface area (Å²) < 4.78 is 3.31. The molecule has 0 saturated carbocycles. The summed E-state index contributed by atoms with van der Waals surface area (Å²) in [4.78, 5) is 17.2. The fourth-order valence-electron chi connectivity index (χ4n) is 2.85. The first-order valence-corrected chi connectivity index (χ1v) is 7.88. The van der Waals surface area contributed by atoms with Crippen molar-refractivity contribution in [3.63, 3.8) is 0 Å². The average Bonchev–Trinajstić information content (AvgIpc) is 3.21. The molecular weight excluding hydrogens is 302 g/mol. The maximum Gasteiger partial charge on any atom is 0.273 e. The van der Waals surface area contributed by atoms with Crippen molar-refractivity contribution in [1.82, 2.24) is 24.4 Å². The van der Waals surface area contributed by atoms with Gasteiger partial charge in [0.1, 0.15) is 0 Å². The highest BCUT2D eigenvalue weighted by molar-refractivity contribution is 5.71. The third-order valence-electron chi connectivity index (χ3n) is 4.17. The van der Waals surface area contributed by atoms with Gasteiger partial charge < -0.3 is 0 Å².